The number of hydrogen-bond donors (Lipinski definition) is 1. The van der Waals surface area contributed by atoms with Gasteiger partial charge in [0.25, 0.3) is 5.91 Å². The molecule has 1 amide bonds. The number of benzene rings is 1. The quantitative estimate of drug-likeness (QED) is 0.799. The zero-order valence-corrected chi connectivity index (χ0v) is 17.0. The SMILES string of the molecule is CC1(C)CN(C(=O)c2c3c(nc4ccccc24)CCC3)CCC1N.Cl.Cl. The number of aryl methyl sites for hydroxylation is 1. The molecule has 1 aliphatic carbocycles. The van der Waals surface area contributed by atoms with Crippen LogP contribution in [0.15, 0.2) is 24.3 Å². The van der Waals surface area contributed by atoms with Crippen molar-refractivity contribution in [2.45, 2.75) is 45.6 Å². The number of carbonyl (C=O) groups is 1. The van der Waals surface area contributed by atoms with Crippen molar-refractivity contribution < 1.29 is 4.79 Å². The molecule has 0 bridgehead atoms. The van der Waals surface area contributed by atoms with E-state index in [1.165, 1.54) is 5.56 Å². The van der Waals surface area contributed by atoms with Crippen molar-refractivity contribution in [2.24, 2.45) is 11.1 Å². The standard InChI is InChI=1S/C20H25N3O.2ClH/c1-20(2)12-23(11-10-17(20)21)19(24)18-13-6-3-4-8-15(13)22-16-9-5-7-14(16)18;;/h3-4,6,8,17H,5,7,9-12,21H2,1-2H3;2*1H. The van der Waals surface area contributed by atoms with Crippen molar-refractivity contribution in [3.8, 4) is 0 Å². The number of hydrogen-bond acceptors (Lipinski definition) is 3. The molecule has 0 spiro atoms. The Morgan fingerprint density at radius 2 is 1.96 bits per heavy atom. The normalized spacial score (nSPS) is 20.9. The molecular formula is C20H27Cl2N3O. The number of fused-ring (bicyclic) bond motifs is 2. The van der Waals surface area contributed by atoms with E-state index in [4.69, 9.17) is 10.7 Å². The fourth-order valence-corrected chi connectivity index (χ4v) is 4.16. The number of para-hydroxylation sites is 1. The molecule has 4 rings (SSSR count). The van der Waals surface area contributed by atoms with E-state index in [1.807, 2.05) is 29.2 Å². The number of halogens is 2. The van der Waals surface area contributed by atoms with E-state index >= 15 is 0 Å². The third kappa shape index (κ3) is 3.42. The summed E-state index contributed by atoms with van der Waals surface area (Å²) in [5, 5.41) is 0.996. The van der Waals surface area contributed by atoms with E-state index in [0.29, 0.717) is 0 Å². The molecule has 1 aliphatic heterocycles. The molecule has 1 atom stereocenters. The maximum absolute atomic E-state index is 13.4. The zero-order chi connectivity index (χ0) is 16.9. The number of rotatable bonds is 1. The van der Waals surface area contributed by atoms with Gasteiger partial charge in [-0.1, -0.05) is 32.0 Å². The first-order valence-electron chi connectivity index (χ1n) is 8.93. The summed E-state index contributed by atoms with van der Waals surface area (Å²) >= 11 is 0. The highest BCUT2D eigenvalue weighted by atomic mass is 35.5. The van der Waals surface area contributed by atoms with Crippen molar-refractivity contribution in [1.29, 1.82) is 0 Å². The minimum Gasteiger partial charge on any atom is -0.338 e. The Morgan fingerprint density at radius 3 is 2.69 bits per heavy atom. The molecule has 1 aromatic carbocycles. The molecule has 0 radical (unpaired) electrons. The average molecular weight is 396 g/mol. The Bertz CT molecular complexity index is 822. The predicted molar refractivity (Wildman–Crippen MR) is 111 cm³/mol. The van der Waals surface area contributed by atoms with Gasteiger partial charge < -0.3 is 10.6 Å². The van der Waals surface area contributed by atoms with E-state index in [1.54, 1.807) is 0 Å². The van der Waals surface area contributed by atoms with Gasteiger partial charge in [0.15, 0.2) is 0 Å². The largest absolute Gasteiger partial charge is 0.338 e. The van der Waals surface area contributed by atoms with Gasteiger partial charge in [-0.25, -0.2) is 0 Å². The topological polar surface area (TPSA) is 59.2 Å². The number of piperidine rings is 1. The van der Waals surface area contributed by atoms with Gasteiger partial charge in [0.2, 0.25) is 0 Å². The number of nitrogens with two attached hydrogens (primary N) is 1. The molecule has 6 heteroatoms. The van der Waals surface area contributed by atoms with Crippen LogP contribution in [0, 0.1) is 5.41 Å². The molecule has 4 nitrogen and oxygen atoms in total. The zero-order valence-electron chi connectivity index (χ0n) is 15.3. The summed E-state index contributed by atoms with van der Waals surface area (Å²) in [5.74, 6) is 0.159. The molecule has 2 N–H and O–H groups in total. The van der Waals surface area contributed by atoms with Gasteiger partial charge in [-0.3, -0.25) is 9.78 Å². The molecular weight excluding hydrogens is 369 g/mol. The van der Waals surface area contributed by atoms with Gasteiger partial charge >= 0.3 is 0 Å². The fourth-order valence-electron chi connectivity index (χ4n) is 4.16. The summed E-state index contributed by atoms with van der Waals surface area (Å²) in [6.07, 6.45) is 3.90. The van der Waals surface area contributed by atoms with Gasteiger partial charge in [0.05, 0.1) is 11.1 Å². The van der Waals surface area contributed by atoms with E-state index in [-0.39, 0.29) is 42.2 Å². The highest BCUT2D eigenvalue weighted by molar-refractivity contribution is 6.07. The highest BCUT2D eigenvalue weighted by Crippen LogP contribution is 2.33. The highest BCUT2D eigenvalue weighted by Gasteiger charge is 2.37. The summed E-state index contributed by atoms with van der Waals surface area (Å²) in [6.45, 7) is 5.78. The monoisotopic (exact) mass is 395 g/mol. The molecule has 0 saturated carbocycles. The van der Waals surface area contributed by atoms with Crippen LogP contribution >= 0.6 is 24.8 Å². The van der Waals surface area contributed by atoms with Crippen molar-refractivity contribution in [3.05, 3.63) is 41.1 Å². The van der Waals surface area contributed by atoms with Gasteiger partial charge in [-0.2, -0.15) is 0 Å². The summed E-state index contributed by atoms with van der Waals surface area (Å²) < 4.78 is 0. The molecule has 2 aromatic rings. The number of carbonyl (C=O) groups excluding carboxylic acids is 1. The Kier molecular flexibility index (Phi) is 6.21. The number of nitrogens with zero attached hydrogens (tertiary/aromatic N) is 2. The molecule has 2 heterocycles. The molecule has 1 saturated heterocycles. The third-order valence-corrected chi connectivity index (χ3v) is 5.73. The third-order valence-electron chi connectivity index (χ3n) is 5.73. The second kappa shape index (κ2) is 7.71. The van der Waals surface area contributed by atoms with Crippen LogP contribution < -0.4 is 5.73 Å². The molecule has 1 aromatic heterocycles. The van der Waals surface area contributed by atoms with Crippen LogP contribution in [0.5, 0.6) is 0 Å². The second-order valence-corrected chi connectivity index (χ2v) is 7.89. The molecule has 142 valence electrons. The number of pyridine rings is 1. The maximum atomic E-state index is 13.4. The van der Waals surface area contributed by atoms with E-state index in [2.05, 4.69) is 13.8 Å². The van der Waals surface area contributed by atoms with Crippen LogP contribution in [-0.2, 0) is 12.8 Å². The molecule has 26 heavy (non-hydrogen) atoms. The van der Waals surface area contributed by atoms with Gasteiger partial charge in [-0.15, -0.1) is 24.8 Å². The Hall–Kier alpha value is -1.36. The van der Waals surface area contributed by atoms with Crippen molar-refractivity contribution in [3.63, 3.8) is 0 Å². The average Bonchev–Trinajstić information content (AvgIpc) is 3.02. The Labute approximate surface area is 167 Å². The van der Waals surface area contributed by atoms with Crippen molar-refractivity contribution in [1.82, 2.24) is 9.88 Å². The smallest absolute Gasteiger partial charge is 0.254 e. The molecule has 1 fully saturated rings. The van der Waals surface area contributed by atoms with Gasteiger partial charge in [-0.05, 0) is 42.7 Å². The van der Waals surface area contributed by atoms with Crippen LogP contribution in [-0.4, -0.2) is 34.9 Å². The summed E-state index contributed by atoms with van der Waals surface area (Å²) in [4.78, 5) is 20.2. The minimum atomic E-state index is -0.0417. The first kappa shape index (κ1) is 20.9. The van der Waals surface area contributed by atoms with Crippen LogP contribution in [0.3, 0.4) is 0 Å². The minimum absolute atomic E-state index is 0. The van der Waals surface area contributed by atoms with Crippen LogP contribution in [0.4, 0.5) is 0 Å². The number of amides is 1. The second-order valence-electron chi connectivity index (χ2n) is 7.89. The van der Waals surface area contributed by atoms with E-state index < -0.39 is 0 Å². The number of likely N-dealkylation sites (tertiary alicyclic amines) is 1. The van der Waals surface area contributed by atoms with Crippen LogP contribution in [0.2, 0.25) is 0 Å². The van der Waals surface area contributed by atoms with Gasteiger partial charge in [0.1, 0.15) is 0 Å². The lowest BCUT2D eigenvalue weighted by atomic mass is 9.79. The predicted octanol–water partition coefficient (Wildman–Crippen LogP) is 3.77. The summed E-state index contributed by atoms with van der Waals surface area (Å²) in [5.41, 5.74) is 10.3. The summed E-state index contributed by atoms with van der Waals surface area (Å²) in [6, 6.07) is 8.20. The first-order valence-corrected chi connectivity index (χ1v) is 8.93. The molecule has 2 aliphatic rings. The molecule has 1 unspecified atom stereocenters. The van der Waals surface area contributed by atoms with Crippen LogP contribution in [0.1, 0.15) is 48.3 Å². The van der Waals surface area contributed by atoms with Crippen molar-refractivity contribution >= 4 is 41.6 Å². The van der Waals surface area contributed by atoms with Crippen LogP contribution in [0.25, 0.3) is 10.9 Å². The van der Waals surface area contributed by atoms with Gasteiger partial charge in [0, 0.05) is 30.2 Å². The lowest BCUT2D eigenvalue weighted by Crippen LogP contribution is -2.54. The number of aromatic nitrogens is 1. The fraction of sp³-hybridized carbons (Fsp3) is 0.500. The first-order chi connectivity index (χ1) is 11.5. The Balaban J connectivity index is 0.00000121. The maximum Gasteiger partial charge on any atom is 0.254 e. The van der Waals surface area contributed by atoms with Crippen molar-refractivity contribution in [2.75, 3.05) is 13.1 Å². The lowest BCUT2D eigenvalue weighted by Gasteiger charge is -2.42. The Morgan fingerprint density at radius 1 is 1.23 bits per heavy atom. The summed E-state index contributed by atoms with van der Waals surface area (Å²) in [7, 11) is 0. The van der Waals surface area contributed by atoms with E-state index in [9.17, 15) is 4.79 Å². The van der Waals surface area contributed by atoms with E-state index in [0.717, 1.165) is 60.9 Å². The lowest BCUT2D eigenvalue weighted by molar-refractivity contribution is 0.0534.